The summed E-state index contributed by atoms with van der Waals surface area (Å²) in [5.41, 5.74) is 0.0145. The number of hydrogen-bond donors (Lipinski definition) is 0. The van der Waals surface area contributed by atoms with Crippen LogP contribution in [0.15, 0.2) is 36.5 Å². The van der Waals surface area contributed by atoms with Gasteiger partial charge in [0.15, 0.2) is 6.04 Å². The average molecular weight is 332 g/mol. The molecule has 0 aliphatic carbocycles. The van der Waals surface area contributed by atoms with Crippen molar-refractivity contribution < 1.29 is 18.0 Å². The first-order valence-corrected chi connectivity index (χ1v) is 6.67. The van der Waals surface area contributed by atoms with E-state index in [1.807, 2.05) is 0 Å². The minimum Gasteiger partial charge on any atom is -0.324 e. The van der Waals surface area contributed by atoms with Crippen molar-refractivity contribution in [3.63, 3.8) is 0 Å². The highest BCUT2D eigenvalue weighted by Gasteiger charge is 2.45. The van der Waals surface area contributed by atoms with E-state index in [0.717, 1.165) is 7.05 Å². The van der Waals surface area contributed by atoms with Crippen LogP contribution in [0.1, 0.15) is 22.1 Å². The number of halogens is 4. The fourth-order valence-corrected chi connectivity index (χ4v) is 2.28. The van der Waals surface area contributed by atoms with Crippen LogP contribution < -0.4 is 0 Å². The van der Waals surface area contributed by atoms with E-state index in [9.17, 15) is 18.0 Å². The number of aryl methyl sites for hydroxylation is 1. The van der Waals surface area contributed by atoms with E-state index in [1.165, 1.54) is 48.3 Å². The Labute approximate surface area is 130 Å². The summed E-state index contributed by atoms with van der Waals surface area (Å²) in [6, 6.07) is 4.54. The number of amides is 1. The highest BCUT2D eigenvalue weighted by molar-refractivity contribution is 6.30. The monoisotopic (exact) mass is 331 g/mol. The molecule has 0 fully saturated rings. The van der Waals surface area contributed by atoms with Gasteiger partial charge in [0.05, 0.1) is 0 Å². The molecule has 1 heterocycles. The van der Waals surface area contributed by atoms with Crippen LogP contribution in [0, 0.1) is 0 Å². The lowest BCUT2D eigenvalue weighted by molar-refractivity contribution is -0.176. The van der Waals surface area contributed by atoms with Crippen LogP contribution in [-0.2, 0) is 7.05 Å². The molecule has 1 atom stereocenters. The maximum atomic E-state index is 13.4. The molecule has 0 unspecified atom stereocenters. The number of carbonyl (C=O) groups excluding carboxylic acids is 1. The van der Waals surface area contributed by atoms with Crippen LogP contribution in [-0.4, -0.2) is 33.8 Å². The van der Waals surface area contributed by atoms with Gasteiger partial charge in [-0.15, -0.1) is 0 Å². The number of rotatable bonds is 3. The first-order chi connectivity index (χ1) is 10.2. The van der Waals surface area contributed by atoms with Gasteiger partial charge in [-0.05, 0) is 23.8 Å². The van der Waals surface area contributed by atoms with E-state index in [-0.39, 0.29) is 11.3 Å². The van der Waals surface area contributed by atoms with Gasteiger partial charge in [-0.25, -0.2) is 0 Å². The molecule has 1 aromatic carbocycles. The predicted octanol–water partition coefficient (Wildman–Crippen LogP) is 3.45. The summed E-state index contributed by atoms with van der Waals surface area (Å²) >= 11 is 5.70. The average Bonchev–Trinajstić information content (AvgIpc) is 2.85. The number of benzene rings is 1. The summed E-state index contributed by atoms with van der Waals surface area (Å²) in [4.78, 5) is 12.9. The molecule has 0 bridgehead atoms. The van der Waals surface area contributed by atoms with E-state index in [0.29, 0.717) is 9.92 Å². The molecule has 2 aromatic rings. The Kier molecular flexibility index (Phi) is 4.46. The van der Waals surface area contributed by atoms with Gasteiger partial charge in [0.1, 0.15) is 5.69 Å². The third kappa shape index (κ3) is 3.24. The number of carbonyl (C=O) groups is 1. The quantitative estimate of drug-likeness (QED) is 0.864. The summed E-state index contributed by atoms with van der Waals surface area (Å²) in [5.74, 6) is -0.766. The van der Waals surface area contributed by atoms with Crippen molar-refractivity contribution in [2.24, 2.45) is 7.05 Å². The maximum Gasteiger partial charge on any atom is 0.413 e. The number of nitrogens with zero attached hydrogens (tertiary/aromatic N) is 3. The Hall–Kier alpha value is -2.02. The molecule has 1 amide bonds. The second-order valence-electron chi connectivity index (χ2n) is 4.75. The van der Waals surface area contributed by atoms with Gasteiger partial charge in [-0.1, -0.05) is 23.7 Å². The van der Waals surface area contributed by atoms with Crippen LogP contribution in [0.3, 0.4) is 0 Å². The third-order valence-electron chi connectivity index (χ3n) is 3.24. The smallest absolute Gasteiger partial charge is 0.324 e. The largest absolute Gasteiger partial charge is 0.413 e. The molecular weight excluding hydrogens is 319 g/mol. The van der Waals surface area contributed by atoms with Gasteiger partial charge in [0.2, 0.25) is 0 Å². The second-order valence-corrected chi connectivity index (χ2v) is 5.19. The van der Waals surface area contributed by atoms with Crippen molar-refractivity contribution in [1.29, 1.82) is 0 Å². The molecule has 0 saturated heterocycles. The Morgan fingerprint density at radius 1 is 1.27 bits per heavy atom. The van der Waals surface area contributed by atoms with E-state index in [4.69, 9.17) is 11.6 Å². The zero-order valence-corrected chi connectivity index (χ0v) is 12.6. The zero-order chi connectivity index (χ0) is 16.5. The Morgan fingerprint density at radius 3 is 2.32 bits per heavy atom. The van der Waals surface area contributed by atoms with Crippen LogP contribution in [0.2, 0.25) is 5.02 Å². The summed E-state index contributed by atoms with van der Waals surface area (Å²) in [6.45, 7) is 0. The number of alkyl halides is 3. The number of aromatic nitrogens is 2. The van der Waals surface area contributed by atoms with Gasteiger partial charge in [-0.2, -0.15) is 18.3 Å². The van der Waals surface area contributed by atoms with E-state index >= 15 is 0 Å². The molecule has 4 nitrogen and oxygen atoms in total. The van der Waals surface area contributed by atoms with Crippen molar-refractivity contribution in [3.05, 3.63) is 52.8 Å². The molecule has 0 radical (unpaired) electrons. The van der Waals surface area contributed by atoms with Crippen LogP contribution in [0.5, 0.6) is 0 Å². The van der Waals surface area contributed by atoms with Gasteiger partial charge in [0, 0.05) is 25.3 Å². The number of hydrogen-bond acceptors (Lipinski definition) is 2. The van der Waals surface area contributed by atoms with Crippen molar-refractivity contribution in [2.75, 3.05) is 7.05 Å². The minimum absolute atomic E-state index is 0.0603. The summed E-state index contributed by atoms with van der Waals surface area (Å²) in [6.07, 6.45) is -3.26. The van der Waals surface area contributed by atoms with Gasteiger partial charge < -0.3 is 4.90 Å². The molecule has 0 aliphatic rings. The van der Waals surface area contributed by atoms with Gasteiger partial charge in [-0.3, -0.25) is 9.48 Å². The molecule has 0 spiro atoms. The van der Waals surface area contributed by atoms with Crippen molar-refractivity contribution >= 4 is 17.5 Å². The lowest BCUT2D eigenvalue weighted by atomic mass is 10.0. The fraction of sp³-hybridized carbons (Fsp3) is 0.286. The molecule has 2 rings (SSSR count). The minimum atomic E-state index is -4.61. The van der Waals surface area contributed by atoms with Crippen LogP contribution >= 0.6 is 11.6 Å². The lowest BCUT2D eigenvalue weighted by Crippen LogP contribution is -2.40. The second kappa shape index (κ2) is 6.00. The van der Waals surface area contributed by atoms with Crippen molar-refractivity contribution in [3.8, 4) is 0 Å². The SMILES string of the molecule is CN(C(=O)c1ccnn1C)[C@@H](c1ccc(Cl)cc1)C(F)(F)F. The lowest BCUT2D eigenvalue weighted by Gasteiger charge is -2.30. The van der Waals surface area contributed by atoms with Gasteiger partial charge >= 0.3 is 6.18 Å². The third-order valence-corrected chi connectivity index (χ3v) is 3.50. The predicted molar refractivity (Wildman–Crippen MR) is 75.5 cm³/mol. The highest BCUT2D eigenvalue weighted by atomic mass is 35.5. The van der Waals surface area contributed by atoms with E-state index in [1.54, 1.807) is 0 Å². The topological polar surface area (TPSA) is 38.1 Å². The molecule has 22 heavy (non-hydrogen) atoms. The van der Waals surface area contributed by atoms with E-state index < -0.39 is 18.1 Å². The molecule has 1 aromatic heterocycles. The van der Waals surface area contributed by atoms with E-state index in [2.05, 4.69) is 5.10 Å². The Morgan fingerprint density at radius 2 is 1.86 bits per heavy atom. The van der Waals surface area contributed by atoms with Gasteiger partial charge in [0.25, 0.3) is 5.91 Å². The summed E-state index contributed by atoms with van der Waals surface area (Å²) < 4.78 is 41.5. The first-order valence-electron chi connectivity index (χ1n) is 6.29. The highest BCUT2D eigenvalue weighted by Crippen LogP contribution is 2.37. The standard InChI is InChI=1S/C14H13ClF3N3O/c1-20(13(22)11-7-8-19-21(11)2)12(14(16,17)18)9-3-5-10(15)6-4-9/h3-8,12H,1-2H3/t12-/m0/s1. The molecular formula is C14H13ClF3N3O. The zero-order valence-electron chi connectivity index (χ0n) is 11.8. The molecule has 8 heteroatoms. The Bertz CT molecular complexity index is 667. The molecule has 118 valence electrons. The molecule has 0 N–H and O–H groups in total. The first kappa shape index (κ1) is 16.4. The summed E-state index contributed by atoms with van der Waals surface area (Å²) in [5, 5.41) is 4.12. The van der Waals surface area contributed by atoms with Crippen molar-refractivity contribution in [1.82, 2.24) is 14.7 Å². The molecule has 0 aliphatic heterocycles. The normalized spacial score (nSPS) is 13.0. The fourth-order valence-electron chi connectivity index (χ4n) is 2.16. The molecule has 0 saturated carbocycles. The van der Waals surface area contributed by atoms with Crippen molar-refractivity contribution in [2.45, 2.75) is 12.2 Å². The maximum absolute atomic E-state index is 13.4. The Balaban J connectivity index is 2.40. The van der Waals surface area contributed by atoms with Crippen LogP contribution in [0.25, 0.3) is 0 Å². The van der Waals surface area contributed by atoms with Crippen LogP contribution in [0.4, 0.5) is 13.2 Å². The summed E-state index contributed by atoms with van der Waals surface area (Å²) in [7, 11) is 2.61.